The van der Waals surface area contributed by atoms with Gasteiger partial charge >= 0.3 is 6.09 Å². The fraction of sp³-hybridized carbons (Fsp3) is 0.944. The molecule has 2 fully saturated rings. The number of carbonyl (C=O) groups is 1. The Balaban J connectivity index is 1.65. The summed E-state index contributed by atoms with van der Waals surface area (Å²) in [6, 6.07) is 0.890. The van der Waals surface area contributed by atoms with Crippen molar-refractivity contribution in [3.63, 3.8) is 0 Å². The lowest BCUT2D eigenvalue weighted by molar-refractivity contribution is 0.0489. The Morgan fingerprint density at radius 2 is 1.68 bits per heavy atom. The van der Waals surface area contributed by atoms with E-state index in [4.69, 9.17) is 4.74 Å². The van der Waals surface area contributed by atoms with Crippen molar-refractivity contribution in [1.29, 1.82) is 0 Å². The lowest BCUT2D eigenvalue weighted by Crippen LogP contribution is -2.45. The van der Waals surface area contributed by atoms with Crippen molar-refractivity contribution in [2.45, 2.75) is 90.8 Å². The van der Waals surface area contributed by atoms with Crippen LogP contribution in [0.1, 0.15) is 73.1 Å². The second-order valence-corrected chi connectivity index (χ2v) is 8.59. The molecule has 0 aliphatic heterocycles. The summed E-state index contributed by atoms with van der Waals surface area (Å²) in [4.78, 5) is 11.8. The molecule has 0 radical (unpaired) electrons. The first-order chi connectivity index (χ1) is 10.2. The molecule has 4 nitrogen and oxygen atoms in total. The fourth-order valence-corrected chi connectivity index (χ4v) is 3.38. The van der Waals surface area contributed by atoms with Gasteiger partial charge in [-0.2, -0.15) is 0 Å². The van der Waals surface area contributed by atoms with Gasteiger partial charge in [0, 0.05) is 18.6 Å². The van der Waals surface area contributed by atoms with Crippen LogP contribution in [0, 0.1) is 11.3 Å². The molecule has 128 valence electrons. The molecule has 0 aromatic rings. The van der Waals surface area contributed by atoms with Gasteiger partial charge in [0.05, 0.1) is 0 Å². The Bertz CT molecular complexity index is 375. The number of hydrogen-bond donors (Lipinski definition) is 2. The minimum atomic E-state index is -0.418. The smallest absolute Gasteiger partial charge is 0.407 e. The van der Waals surface area contributed by atoms with Gasteiger partial charge < -0.3 is 15.4 Å². The van der Waals surface area contributed by atoms with Gasteiger partial charge in [-0.05, 0) is 70.6 Å². The molecular formula is C18H34N2O2. The molecule has 0 heterocycles. The molecule has 0 aromatic carbocycles. The largest absolute Gasteiger partial charge is 0.444 e. The molecule has 0 spiro atoms. The van der Waals surface area contributed by atoms with E-state index in [1.54, 1.807) is 0 Å². The zero-order valence-electron chi connectivity index (χ0n) is 15.0. The van der Waals surface area contributed by atoms with E-state index in [1.165, 1.54) is 19.4 Å². The molecule has 0 atom stereocenters. The lowest BCUT2D eigenvalue weighted by Gasteiger charge is -2.32. The Hall–Kier alpha value is -0.770. The highest BCUT2D eigenvalue weighted by Crippen LogP contribution is 2.51. The molecular weight excluding hydrogens is 276 g/mol. The zero-order chi connectivity index (χ0) is 16.4. The van der Waals surface area contributed by atoms with Crippen molar-refractivity contribution in [2.24, 2.45) is 11.3 Å². The summed E-state index contributed by atoms with van der Waals surface area (Å²) >= 11 is 0. The molecule has 4 heteroatoms. The number of ether oxygens (including phenoxy) is 1. The number of alkyl carbamates (subject to hydrolysis) is 1. The monoisotopic (exact) mass is 310 g/mol. The predicted molar refractivity (Wildman–Crippen MR) is 89.9 cm³/mol. The van der Waals surface area contributed by atoms with Crippen LogP contribution in [-0.2, 0) is 4.74 Å². The van der Waals surface area contributed by atoms with E-state index in [0.29, 0.717) is 11.5 Å². The van der Waals surface area contributed by atoms with Crippen LogP contribution in [0.4, 0.5) is 4.79 Å². The third kappa shape index (κ3) is 5.15. The topological polar surface area (TPSA) is 50.4 Å². The van der Waals surface area contributed by atoms with E-state index >= 15 is 0 Å². The highest BCUT2D eigenvalue weighted by Gasteiger charge is 2.45. The maximum Gasteiger partial charge on any atom is 0.407 e. The minimum Gasteiger partial charge on any atom is -0.444 e. The van der Waals surface area contributed by atoms with E-state index in [9.17, 15) is 4.79 Å². The fourth-order valence-electron chi connectivity index (χ4n) is 3.38. The normalized spacial score (nSPS) is 27.5. The van der Waals surface area contributed by atoms with Crippen LogP contribution in [0.25, 0.3) is 0 Å². The standard InChI is InChI=1S/C18H34N2O2/c1-13(2)18(10-11-18)12-19-14-6-8-15(9-7-14)20-16(21)22-17(3,4)5/h13-15,19H,6-12H2,1-5H3,(H,20,21). The number of amides is 1. The second kappa shape index (κ2) is 6.77. The van der Waals surface area contributed by atoms with E-state index < -0.39 is 5.60 Å². The third-order valence-electron chi connectivity index (χ3n) is 5.31. The zero-order valence-corrected chi connectivity index (χ0v) is 15.0. The van der Waals surface area contributed by atoms with E-state index in [0.717, 1.165) is 31.6 Å². The highest BCUT2D eigenvalue weighted by molar-refractivity contribution is 5.68. The number of hydrogen-bond acceptors (Lipinski definition) is 3. The molecule has 0 bridgehead atoms. The van der Waals surface area contributed by atoms with E-state index in [-0.39, 0.29) is 12.1 Å². The van der Waals surface area contributed by atoms with Gasteiger partial charge in [-0.1, -0.05) is 13.8 Å². The molecule has 22 heavy (non-hydrogen) atoms. The van der Waals surface area contributed by atoms with Crippen molar-refractivity contribution < 1.29 is 9.53 Å². The van der Waals surface area contributed by atoms with Gasteiger partial charge in [0.15, 0.2) is 0 Å². The van der Waals surface area contributed by atoms with Crippen LogP contribution in [-0.4, -0.2) is 30.3 Å². The lowest BCUT2D eigenvalue weighted by atomic mass is 9.88. The molecule has 2 aliphatic carbocycles. The molecule has 0 unspecified atom stereocenters. The first-order valence-corrected chi connectivity index (χ1v) is 8.93. The Morgan fingerprint density at radius 1 is 1.14 bits per heavy atom. The highest BCUT2D eigenvalue weighted by atomic mass is 16.6. The minimum absolute atomic E-state index is 0.271. The Morgan fingerprint density at radius 3 is 2.14 bits per heavy atom. The summed E-state index contributed by atoms with van der Waals surface area (Å²) in [6.07, 6.45) is 6.88. The Labute approximate surface area is 135 Å². The Kier molecular flexibility index (Phi) is 5.41. The van der Waals surface area contributed by atoms with Crippen molar-refractivity contribution in [3.05, 3.63) is 0 Å². The SMILES string of the molecule is CC(C)C1(CNC2CCC(NC(=O)OC(C)(C)C)CC2)CC1. The second-order valence-electron chi connectivity index (χ2n) is 8.59. The van der Waals surface area contributed by atoms with Crippen LogP contribution in [0.2, 0.25) is 0 Å². The predicted octanol–water partition coefficient (Wildman–Crippen LogP) is 3.85. The third-order valence-corrected chi connectivity index (χ3v) is 5.31. The summed E-state index contributed by atoms with van der Waals surface area (Å²) in [5.74, 6) is 0.783. The molecule has 2 N–H and O–H groups in total. The summed E-state index contributed by atoms with van der Waals surface area (Å²) in [5.41, 5.74) is 0.157. The quantitative estimate of drug-likeness (QED) is 0.811. The van der Waals surface area contributed by atoms with Gasteiger partial charge in [-0.3, -0.25) is 0 Å². The summed E-state index contributed by atoms with van der Waals surface area (Å²) < 4.78 is 5.33. The average molecular weight is 310 g/mol. The first-order valence-electron chi connectivity index (χ1n) is 8.93. The van der Waals surface area contributed by atoms with Gasteiger partial charge in [-0.25, -0.2) is 4.79 Å². The van der Waals surface area contributed by atoms with Crippen molar-refractivity contribution in [1.82, 2.24) is 10.6 Å². The first kappa shape index (κ1) is 17.6. The molecule has 2 rings (SSSR count). The average Bonchev–Trinajstić information content (AvgIpc) is 3.17. The van der Waals surface area contributed by atoms with Crippen LogP contribution in [0.15, 0.2) is 0 Å². The summed E-state index contributed by atoms with van der Waals surface area (Å²) in [5, 5.41) is 6.78. The molecule has 1 amide bonds. The summed E-state index contributed by atoms with van der Waals surface area (Å²) in [7, 11) is 0. The van der Waals surface area contributed by atoms with Crippen LogP contribution >= 0.6 is 0 Å². The van der Waals surface area contributed by atoms with Crippen LogP contribution in [0.3, 0.4) is 0 Å². The van der Waals surface area contributed by atoms with Crippen LogP contribution in [0.5, 0.6) is 0 Å². The number of carbonyl (C=O) groups excluding carboxylic acids is 1. The van der Waals surface area contributed by atoms with Crippen molar-refractivity contribution in [3.8, 4) is 0 Å². The van der Waals surface area contributed by atoms with E-state index in [1.807, 2.05) is 20.8 Å². The molecule has 0 saturated heterocycles. The molecule has 2 aliphatic rings. The number of rotatable bonds is 5. The van der Waals surface area contributed by atoms with Gasteiger partial charge in [0.2, 0.25) is 0 Å². The maximum absolute atomic E-state index is 11.8. The number of nitrogens with one attached hydrogen (secondary N) is 2. The van der Waals surface area contributed by atoms with Crippen molar-refractivity contribution in [2.75, 3.05) is 6.54 Å². The molecule has 0 aromatic heterocycles. The maximum atomic E-state index is 11.8. The van der Waals surface area contributed by atoms with Gasteiger partial charge in [0.25, 0.3) is 0 Å². The van der Waals surface area contributed by atoms with Crippen molar-refractivity contribution >= 4 is 6.09 Å². The molecule has 2 saturated carbocycles. The van der Waals surface area contributed by atoms with Crippen LogP contribution < -0.4 is 10.6 Å². The summed E-state index contributed by atoms with van der Waals surface area (Å²) in [6.45, 7) is 11.5. The van der Waals surface area contributed by atoms with E-state index in [2.05, 4.69) is 24.5 Å². The van der Waals surface area contributed by atoms with Gasteiger partial charge in [0.1, 0.15) is 5.60 Å². The van der Waals surface area contributed by atoms with Gasteiger partial charge in [-0.15, -0.1) is 0 Å².